The number of carbonyl (C=O) groups is 1. The average Bonchev–Trinajstić information content (AvgIpc) is 3.25. The van der Waals surface area contributed by atoms with Gasteiger partial charge < -0.3 is 15.1 Å². The first-order valence-electron chi connectivity index (χ1n) is 9.95. The van der Waals surface area contributed by atoms with Gasteiger partial charge in [0.25, 0.3) is 5.91 Å². The molecule has 2 aromatic rings. The van der Waals surface area contributed by atoms with E-state index in [0.29, 0.717) is 17.7 Å². The van der Waals surface area contributed by atoms with Crippen LogP contribution in [0.5, 0.6) is 0 Å². The summed E-state index contributed by atoms with van der Waals surface area (Å²) in [6.07, 6.45) is -0.444. The topological polar surface area (TPSA) is 146 Å². The quantitative estimate of drug-likeness (QED) is 0.344. The molecule has 0 spiro atoms. The van der Waals surface area contributed by atoms with Gasteiger partial charge in [0.15, 0.2) is 14.6 Å². The molecule has 32 heavy (non-hydrogen) atoms. The maximum atomic E-state index is 12.1. The lowest BCUT2D eigenvalue weighted by atomic mass is 9.95. The summed E-state index contributed by atoms with van der Waals surface area (Å²) in [7, 11) is -3.82. The molecule has 0 saturated carbocycles. The van der Waals surface area contributed by atoms with E-state index in [0.717, 1.165) is 22.9 Å². The third-order valence-electron chi connectivity index (χ3n) is 5.77. The molecule has 1 amide bonds. The van der Waals surface area contributed by atoms with Crippen LogP contribution in [0.25, 0.3) is 11.1 Å². The first kappa shape index (κ1) is 23.9. The van der Waals surface area contributed by atoms with Crippen LogP contribution >= 0.6 is 0 Å². The SMILES string of the molecule is C[C@@](C[C@H]1CC(c2ccc(-c3ccc([C@H](O)CO)cc3)cc2)=NO1)(C(=O)NO)S(C)(=O)=O. The number of benzene rings is 2. The molecule has 3 atom stereocenters. The number of aliphatic hydroxyl groups is 2. The molecular formula is C22H26N2O7S. The van der Waals surface area contributed by atoms with E-state index in [2.05, 4.69) is 5.16 Å². The lowest BCUT2D eigenvalue weighted by Gasteiger charge is -2.26. The third kappa shape index (κ3) is 4.83. The number of amides is 1. The van der Waals surface area contributed by atoms with Gasteiger partial charge in [-0.1, -0.05) is 53.7 Å². The van der Waals surface area contributed by atoms with Gasteiger partial charge in [-0.2, -0.15) is 0 Å². The Hall–Kier alpha value is -2.79. The summed E-state index contributed by atoms with van der Waals surface area (Å²) in [4.78, 5) is 17.4. The Labute approximate surface area is 186 Å². The van der Waals surface area contributed by atoms with Crippen molar-refractivity contribution in [3.05, 3.63) is 59.7 Å². The minimum Gasteiger partial charge on any atom is -0.393 e. The molecule has 0 radical (unpaired) electrons. The van der Waals surface area contributed by atoms with Gasteiger partial charge in [0, 0.05) is 19.1 Å². The maximum Gasteiger partial charge on any atom is 0.264 e. The van der Waals surface area contributed by atoms with Gasteiger partial charge in [-0.05, 0) is 29.2 Å². The first-order chi connectivity index (χ1) is 15.1. The number of hydroxylamine groups is 1. The minimum absolute atomic E-state index is 0.157. The summed E-state index contributed by atoms with van der Waals surface area (Å²) < 4.78 is 22.4. The van der Waals surface area contributed by atoms with E-state index in [1.807, 2.05) is 36.4 Å². The van der Waals surface area contributed by atoms with Crippen LogP contribution in [0, 0.1) is 0 Å². The number of sulfone groups is 1. The van der Waals surface area contributed by atoms with Crippen LogP contribution < -0.4 is 5.48 Å². The molecular weight excluding hydrogens is 436 g/mol. The Bertz CT molecular complexity index is 1100. The molecule has 3 rings (SSSR count). The molecule has 0 aromatic heterocycles. The number of oxime groups is 1. The summed E-state index contributed by atoms with van der Waals surface area (Å²) in [6.45, 7) is 0.905. The predicted octanol–water partition coefficient (Wildman–Crippen LogP) is 1.57. The van der Waals surface area contributed by atoms with Gasteiger partial charge in [-0.3, -0.25) is 10.0 Å². The van der Waals surface area contributed by atoms with Crippen molar-refractivity contribution in [2.45, 2.75) is 36.7 Å². The molecule has 1 aliphatic rings. The molecule has 0 saturated heterocycles. The number of nitrogens with zero attached hydrogens (tertiary/aromatic N) is 1. The molecule has 0 unspecified atom stereocenters. The van der Waals surface area contributed by atoms with Gasteiger partial charge in [0.05, 0.1) is 12.3 Å². The van der Waals surface area contributed by atoms with Crippen LogP contribution in [0.1, 0.15) is 37.0 Å². The normalized spacial score (nSPS) is 18.9. The Morgan fingerprint density at radius 2 is 1.69 bits per heavy atom. The van der Waals surface area contributed by atoms with Crippen LogP contribution in [0.2, 0.25) is 0 Å². The number of rotatable bonds is 8. The molecule has 0 aliphatic carbocycles. The summed E-state index contributed by atoms with van der Waals surface area (Å²) in [6, 6.07) is 14.8. The second-order valence-electron chi connectivity index (χ2n) is 8.02. The summed E-state index contributed by atoms with van der Waals surface area (Å²) in [5, 5.41) is 31.7. The van der Waals surface area contributed by atoms with Crippen molar-refractivity contribution in [3.8, 4) is 11.1 Å². The fourth-order valence-corrected chi connectivity index (χ4v) is 4.40. The van der Waals surface area contributed by atoms with Gasteiger partial charge >= 0.3 is 0 Å². The van der Waals surface area contributed by atoms with Crippen molar-refractivity contribution >= 4 is 21.5 Å². The second-order valence-corrected chi connectivity index (χ2v) is 10.5. The molecule has 10 heteroatoms. The Balaban J connectivity index is 1.70. The highest BCUT2D eigenvalue weighted by molar-refractivity contribution is 7.92. The highest BCUT2D eigenvalue weighted by Gasteiger charge is 2.47. The molecule has 0 fully saturated rings. The fraction of sp³-hybridized carbons (Fsp3) is 0.364. The zero-order chi connectivity index (χ0) is 23.5. The summed E-state index contributed by atoms with van der Waals surface area (Å²) in [5.74, 6) is -1.01. The zero-order valence-electron chi connectivity index (χ0n) is 17.7. The first-order valence-corrected chi connectivity index (χ1v) is 11.8. The van der Waals surface area contributed by atoms with Crippen LogP contribution in [0.15, 0.2) is 53.7 Å². The Morgan fingerprint density at radius 1 is 1.16 bits per heavy atom. The number of nitrogens with one attached hydrogen (secondary N) is 1. The monoisotopic (exact) mass is 462 g/mol. The zero-order valence-corrected chi connectivity index (χ0v) is 18.5. The van der Waals surface area contributed by atoms with Crippen LogP contribution in [-0.4, -0.2) is 59.2 Å². The molecule has 4 N–H and O–H groups in total. The maximum absolute atomic E-state index is 12.1. The second kappa shape index (κ2) is 9.37. The summed E-state index contributed by atoms with van der Waals surface area (Å²) in [5.41, 5.74) is 5.37. The highest BCUT2D eigenvalue weighted by Crippen LogP contribution is 2.30. The summed E-state index contributed by atoms with van der Waals surface area (Å²) >= 11 is 0. The molecule has 172 valence electrons. The van der Waals surface area contributed by atoms with Gasteiger partial charge in [0.1, 0.15) is 12.2 Å². The standard InChI is InChI=1S/C22H26N2O7S/c1-22(21(27)23-28,32(2,29)30)12-18-11-19(24-31-18)16-7-3-14(4-8-16)15-5-9-17(10-6-15)20(26)13-25/h3-10,18,20,25-26,28H,11-13H2,1-2H3,(H,23,27)/t18-,20-,22-/m1/s1. The van der Waals surface area contributed by atoms with Crippen molar-refractivity contribution in [2.24, 2.45) is 5.16 Å². The number of aliphatic hydroxyl groups excluding tert-OH is 2. The molecule has 9 nitrogen and oxygen atoms in total. The van der Waals surface area contributed by atoms with E-state index < -0.39 is 32.7 Å². The smallest absolute Gasteiger partial charge is 0.264 e. The van der Waals surface area contributed by atoms with Crippen molar-refractivity contribution < 1.29 is 33.5 Å². The van der Waals surface area contributed by atoms with Crippen molar-refractivity contribution in [1.82, 2.24) is 5.48 Å². The largest absolute Gasteiger partial charge is 0.393 e. The van der Waals surface area contributed by atoms with Gasteiger partial charge in [-0.15, -0.1) is 0 Å². The van der Waals surface area contributed by atoms with Crippen LogP contribution in [-0.2, 0) is 19.5 Å². The Kier molecular flexibility index (Phi) is 6.99. The predicted molar refractivity (Wildman–Crippen MR) is 118 cm³/mol. The molecule has 1 aliphatic heterocycles. The third-order valence-corrected chi connectivity index (χ3v) is 7.76. The molecule has 2 aromatic carbocycles. The van der Waals surface area contributed by atoms with Crippen molar-refractivity contribution in [3.63, 3.8) is 0 Å². The highest BCUT2D eigenvalue weighted by atomic mass is 32.2. The minimum atomic E-state index is -3.82. The van der Waals surface area contributed by atoms with E-state index in [-0.39, 0.29) is 13.0 Å². The average molecular weight is 463 g/mol. The number of carbonyl (C=O) groups excluding carboxylic acids is 1. The van der Waals surface area contributed by atoms with E-state index in [1.165, 1.54) is 12.4 Å². The van der Waals surface area contributed by atoms with Crippen molar-refractivity contribution in [2.75, 3.05) is 12.9 Å². The van der Waals surface area contributed by atoms with Crippen molar-refractivity contribution in [1.29, 1.82) is 0 Å². The fourth-order valence-electron chi connectivity index (χ4n) is 3.53. The van der Waals surface area contributed by atoms with E-state index >= 15 is 0 Å². The number of hydrogen-bond donors (Lipinski definition) is 4. The number of hydrogen-bond acceptors (Lipinski definition) is 8. The lowest BCUT2D eigenvalue weighted by molar-refractivity contribution is -0.132. The van der Waals surface area contributed by atoms with E-state index in [1.54, 1.807) is 12.1 Å². The molecule has 1 heterocycles. The van der Waals surface area contributed by atoms with Crippen LogP contribution in [0.3, 0.4) is 0 Å². The van der Waals surface area contributed by atoms with Gasteiger partial charge in [0.2, 0.25) is 0 Å². The van der Waals surface area contributed by atoms with E-state index in [4.69, 9.17) is 15.2 Å². The van der Waals surface area contributed by atoms with Crippen LogP contribution in [0.4, 0.5) is 0 Å². The lowest BCUT2D eigenvalue weighted by Crippen LogP contribution is -2.51. The molecule has 0 bridgehead atoms. The van der Waals surface area contributed by atoms with E-state index in [9.17, 15) is 18.3 Å². The Morgan fingerprint density at radius 3 is 2.19 bits per heavy atom. The van der Waals surface area contributed by atoms with Gasteiger partial charge in [-0.25, -0.2) is 13.9 Å².